The molecule has 134 valence electrons. The second kappa shape index (κ2) is 7.54. The molecule has 2 heterocycles. The van der Waals surface area contributed by atoms with Crippen LogP contribution >= 0.6 is 0 Å². The zero-order valence-electron chi connectivity index (χ0n) is 14.6. The van der Waals surface area contributed by atoms with E-state index in [1.807, 2.05) is 6.92 Å². The number of nitrogens with zero attached hydrogens (tertiary/aromatic N) is 2. The van der Waals surface area contributed by atoms with Crippen LogP contribution in [0.5, 0.6) is 0 Å². The number of nitriles is 1. The summed E-state index contributed by atoms with van der Waals surface area (Å²) < 4.78 is 5.01. The van der Waals surface area contributed by atoms with E-state index in [1.165, 1.54) is 18.7 Å². The van der Waals surface area contributed by atoms with E-state index in [1.54, 1.807) is 30.3 Å². The number of hydrogen-bond donors (Lipinski definition) is 3. The van der Waals surface area contributed by atoms with Crippen LogP contribution in [0.1, 0.15) is 39.7 Å². The Labute approximate surface area is 156 Å². The van der Waals surface area contributed by atoms with E-state index in [-0.39, 0.29) is 11.4 Å². The van der Waals surface area contributed by atoms with Gasteiger partial charge in [-0.3, -0.25) is 15.2 Å². The fraction of sp³-hybridized carbons (Fsp3) is 0.100. The summed E-state index contributed by atoms with van der Waals surface area (Å²) in [6, 6.07) is 10.2. The van der Waals surface area contributed by atoms with Crippen molar-refractivity contribution in [2.45, 2.75) is 13.3 Å². The Hall–Kier alpha value is -3.92. The van der Waals surface area contributed by atoms with Crippen LogP contribution < -0.4 is 11.1 Å². The van der Waals surface area contributed by atoms with Crippen LogP contribution in [0.2, 0.25) is 0 Å². The number of rotatable bonds is 5. The third-order valence-electron chi connectivity index (χ3n) is 4.14. The Balaban J connectivity index is 1.91. The Morgan fingerprint density at radius 2 is 2.19 bits per heavy atom. The number of nitrogens with two attached hydrogens (primary N) is 1. The molecule has 0 aliphatic carbocycles. The van der Waals surface area contributed by atoms with Crippen molar-refractivity contribution in [1.29, 1.82) is 10.7 Å². The average molecular weight is 359 g/mol. The highest BCUT2D eigenvalue weighted by atomic mass is 16.3. The van der Waals surface area contributed by atoms with E-state index < -0.39 is 5.91 Å². The SMILES string of the molecule is CCc1c(C#N)ccnc1C(=O)Nc1ccc(N)c(C(=N)c2ccoc2)c1. The summed E-state index contributed by atoms with van der Waals surface area (Å²) in [7, 11) is 0. The maximum absolute atomic E-state index is 12.7. The number of pyridine rings is 1. The summed E-state index contributed by atoms with van der Waals surface area (Å²) >= 11 is 0. The summed E-state index contributed by atoms with van der Waals surface area (Å²) in [5.74, 6) is -0.422. The van der Waals surface area contributed by atoms with Gasteiger partial charge in [0.25, 0.3) is 5.91 Å². The number of carbonyl (C=O) groups is 1. The van der Waals surface area contributed by atoms with Gasteiger partial charge in [-0.05, 0) is 36.8 Å². The number of benzene rings is 1. The second-order valence-corrected chi connectivity index (χ2v) is 5.79. The number of carbonyl (C=O) groups excluding carboxylic acids is 1. The largest absolute Gasteiger partial charge is 0.472 e. The Kier molecular flexibility index (Phi) is 4.99. The first-order chi connectivity index (χ1) is 13.0. The molecule has 27 heavy (non-hydrogen) atoms. The molecular weight excluding hydrogens is 342 g/mol. The molecule has 1 aromatic carbocycles. The highest BCUT2D eigenvalue weighted by Crippen LogP contribution is 2.22. The van der Waals surface area contributed by atoms with E-state index in [0.717, 1.165) is 0 Å². The molecule has 0 spiro atoms. The van der Waals surface area contributed by atoms with Gasteiger partial charge < -0.3 is 15.5 Å². The van der Waals surface area contributed by atoms with E-state index in [4.69, 9.17) is 15.6 Å². The molecule has 0 aliphatic rings. The molecular formula is C20H17N5O2. The molecule has 2 aromatic heterocycles. The molecule has 7 nitrogen and oxygen atoms in total. The normalized spacial score (nSPS) is 10.2. The van der Waals surface area contributed by atoms with Crippen molar-refractivity contribution in [2.75, 3.05) is 11.1 Å². The number of amides is 1. The minimum absolute atomic E-state index is 0.191. The van der Waals surface area contributed by atoms with Gasteiger partial charge in [-0.1, -0.05) is 6.92 Å². The molecule has 0 radical (unpaired) electrons. The number of furan rings is 1. The fourth-order valence-corrected chi connectivity index (χ4v) is 2.75. The lowest BCUT2D eigenvalue weighted by Crippen LogP contribution is -2.17. The number of nitrogen functional groups attached to an aromatic ring is 1. The molecule has 3 rings (SSSR count). The number of nitrogens with one attached hydrogen (secondary N) is 2. The summed E-state index contributed by atoms with van der Waals surface area (Å²) in [6.07, 6.45) is 4.89. The van der Waals surface area contributed by atoms with Crippen LogP contribution in [0.4, 0.5) is 11.4 Å². The van der Waals surface area contributed by atoms with E-state index in [0.29, 0.717) is 40.0 Å². The zero-order chi connectivity index (χ0) is 19.4. The third-order valence-corrected chi connectivity index (χ3v) is 4.14. The standard InChI is InChI=1S/C20H17N5O2/c1-2-15-12(10-21)5-7-24-19(15)20(26)25-14-3-4-17(22)16(9-14)18(23)13-6-8-27-11-13/h3-9,11,23H,2,22H2,1H3,(H,25,26). The smallest absolute Gasteiger partial charge is 0.274 e. The Morgan fingerprint density at radius 3 is 2.85 bits per heavy atom. The van der Waals surface area contributed by atoms with Gasteiger partial charge in [0.05, 0.1) is 29.9 Å². The van der Waals surface area contributed by atoms with Gasteiger partial charge in [-0.15, -0.1) is 0 Å². The monoisotopic (exact) mass is 359 g/mol. The van der Waals surface area contributed by atoms with Crippen molar-refractivity contribution in [3.8, 4) is 6.07 Å². The van der Waals surface area contributed by atoms with Gasteiger partial charge in [0, 0.05) is 34.3 Å². The van der Waals surface area contributed by atoms with Crippen molar-refractivity contribution >= 4 is 23.0 Å². The predicted octanol–water partition coefficient (Wildman–Crippen LogP) is 3.36. The van der Waals surface area contributed by atoms with Crippen LogP contribution in [0, 0.1) is 16.7 Å². The molecule has 0 saturated carbocycles. The summed E-state index contributed by atoms with van der Waals surface area (Å²) in [5.41, 5.74) is 9.36. The zero-order valence-corrected chi connectivity index (χ0v) is 14.6. The predicted molar refractivity (Wildman–Crippen MR) is 102 cm³/mol. The van der Waals surface area contributed by atoms with Crippen molar-refractivity contribution in [3.63, 3.8) is 0 Å². The molecule has 0 unspecified atom stereocenters. The summed E-state index contributed by atoms with van der Waals surface area (Å²) in [4.78, 5) is 16.8. The Bertz CT molecular complexity index is 1050. The first kappa shape index (κ1) is 17.9. The maximum Gasteiger partial charge on any atom is 0.274 e. The van der Waals surface area contributed by atoms with Gasteiger partial charge in [0.2, 0.25) is 0 Å². The highest BCUT2D eigenvalue weighted by molar-refractivity contribution is 6.14. The van der Waals surface area contributed by atoms with Crippen LogP contribution in [0.15, 0.2) is 53.5 Å². The van der Waals surface area contributed by atoms with Crippen molar-refractivity contribution in [2.24, 2.45) is 0 Å². The lowest BCUT2D eigenvalue weighted by atomic mass is 10.0. The fourth-order valence-electron chi connectivity index (χ4n) is 2.75. The molecule has 0 saturated heterocycles. The molecule has 0 fully saturated rings. The molecule has 0 atom stereocenters. The molecule has 0 aliphatic heterocycles. The first-order valence-corrected chi connectivity index (χ1v) is 8.25. The minimum Gasteiger partial charge on any atom is -0.472 e. The molecule has 4 N–H and O–H groups in total. The van der Waals surface area contributed by atoms with Gasteiger partial charge in [0.1, 0.15) is 5.69 Å². The molecule has 0 bridgehead atoms. The Morgan fingerprint density at radius 1 is 1.37 bits per heavy atom. The van der Waals surface area contributed by atoms with Gasteiger partial charge in [-0.2, -0.15) is 5.26 Å². The van der Waals surface area contributed by atoms with Crippen molar-refractivity contribution in [1.82, 2.24) is 4.98 Å². The van der Waals surface area contributed by atoms with Crippen LogP contribution in [0.25, 0.3) is 0 Å². The van der Waals surface area contributed by atoms with Crippen molar-refractivity contribution in [3.05, 3.63) is 77.0 Å². The molecule has 1 amide bonds. The number of hydrogen-bond acceptors (Lipinski definition) is 6. The van der Waals surface area contributed by atoms with E-state index in [9.17, 15) is 10.1 Å². The second-order valence-electron chi connectivity index (χ2n) is 5.79. The molecule has 7 heteroatoms. The van der Waals surface area contributed by atoms with Crippen LogP contribution in [0.3, 0.4) is 0 Å². The van der Waals surface area contributed by atoms with Gasteiger partial charge in [0.15, 0.2) is 0 Å². The van der Waals surface area contributed by atoms with Crippen LogP contribution in [-0.4, -0.2) is 16.6 Å². The third kappa shape index (κ3) is 3.55. The maximum atomic E-state index is 12.7. The quantitative estimate of drug-likeness (QED) is 0.475. The number of aromatic nitrogens is 1. The van der Waals surface area contributed by atoms with Crippen LogP contribution in [-0.2, 0) is 6.42 Å². The average Bonchev–Trinajstić information content (AvgIpc) is 3.22. The first-order valence-electron chi connectivity index (χ1n) is 8.25. The molecule has 3 aromatic rings. The van der Waals surface area contributed by atoms with E-state index in [2.05, 4.69) is 16.4 Å². The van der Waals surface area contributed by atoms with Crippen molar-refractivity contribution < 1.29 is 9.21 Å². The number of anilines is 2. The highest BCUT2D eigenvalue weighted by Gasteiger charge is 2.17. The minimum atomic E-state index is -0.422. The van der Waals surface area contributed by atoms with Gasteiger partial charge >= 0.3 is 0 Å². The van der Waals surface area contributed by atoms with Gasteiger partial charge in [-0.25, -0.2) is 0 Å². The summed E-state index contributed by atoms with van der Waals surface area (Å²) in [6.45, 7) is 1.86. The topological polar surface area (TPSA) is 129 Å². The lowest BCUT2D eigenvalue weighted by Gasteiger charge is -2.12. The lowest BCUT2D eigenvalue weighted by molar-refractivity contribution is 0.102. The van der Waals surface area contributed by atoms with E-state index >= 15 is 0 Å². The summed E-state index contributed by atoms with van der Waals surface area (Å²) in [5, 5.41) is 20.3.